The Balaban J connectivity index is 1.83. The number of benzene rings is 3. The van der Waals surface area contributed by atoms with Crippen LogP contribution in [-0.4, -0.2) is 11.8 Å². The minimum Gasteiger partial charge on any atom is -0.449 e. The molecule has 0 aliphatic rings. The molecular weight excluding hydrogens is 383 g/mol. The van der Waals surface area contributed by atoms with E-state index in [-0.39, 0.29) is 12.2 Å². The SMILES string of the molecule is O=C(Cc1ccc(Cl)cc1)OC(C(=O)c1ccccc1)c1ccc(Cl)cc1. The van der Waals surface area contributed by atoms with Gasteiger partial charge in [-0.1, -0.05) is 77.8 Å². The second-order valence-electron chi connectivity index (χ2n) is 5.95. The molecule has 0 N–H and O–H groups in total. The van der Waals surface area contributed by atoms with Crippen molar-refractivity contribution in [3.05, 3.63) is 106 Å². The maximum absolute atomic E-state index is 12.9. The number of carbonyl (C=O) groups excluding carboxylic acids is 2. The highest BCUT2D eigenvalue weighted by Crippen LogP contribution is 2.25. The van der Waals surface area contributed by atoms with E-state index >= 15 is 0 Å². The van der Waals surface area contributed by atoms with E-state index in [1.807, 2.05) is 6.07 Å². The highest BCUT2D eigenvalue weighted by molar-refractivity contribution is 6.30. The van der Waals surface area contributed by atoms with Gasteiger partial charge in [-0.15, -0.1) is 0 Å². The first-order chi connectivity index (χ1) is 13.0. The van der Waals surface area contributed by atoms with Crippen LogP contribution < -0.4 is 0 Å². The first kappa shape index (κ1) is 19.2. The molecule has 3 rings (SSSR count). The van der Waals surface area contributed by atoms with E-state index in [1.165, 1.54) is 0 Å². The lowest BCUT2D eigenvalue weighted by Crippen LogP contribution is -2.21. The fourth-order valence-corrected chi connectivity index (χ4v) is 2.86. The van der Waals surface area contributed by atoms with Crippen LogP contribution in [0.1, 0.15) is 27.6 Å². The molecule has 0 saturated carbocycles. The van der Waals surface area contributed by atoms with Gasteiger partial charge in [0.05, 0.1) is 6.42 Å². The predicted octanol–water partition coefficient (Wildman–Crippen LogP) is 5.70. The molecule has 0 bridgehead atoms. The van der Waals surface area contributed by atoms with Crippen LogP contribution >= 0.6 is 23.2 Å². The molecule has 0 heterocycles. The zero-order valence-corrected chi connectivity index (χ0v) is 15.8. The van der Waals surface area contributed by atoms with Crippen molar-refractivity contribution in [2.24, 2.45) is 0 Å². The molecule has 0 aromatic heterocycles. The number of rotatable bonds is 6. The van der Waals surface area contributed by atoms with Crippen LogP contribution in [-0.2, 0) is 16.0 Å². The van der Waals surface area contributed by atoms with Gasteiger partial charge in [0.15, 0.2) is 6.10 Å². The van der Waals surface area contributed by atoms with E-state index in [0.717, 1.165) is 5.56 Å². The smallest absolute Gasteiger partial charge is 0.311 e. The Morgan fingerprint density at radius 3 is 1.93 bits per heavy atom. The molecular formula is C22H16Cl2O3. The van der Waals surface area contributed by atoms with Crippen molar-refractivity contribution < 1.29 is 14.3 Å². The predicted molar refractivity (Wildman–Crippen MR) is 106 cm³/mol. The number of halogens is 2. The molecule has 0 fully saturated rings. The number of hydrogen-bond donors (Lipinski definition) is 0. The van der Waals surface area contributed by atoms with E-state index in [0.29, 0.717) is 21.2 Å². The van der Waals surface area contributed by atoms with Gasteiger partial charge in [0.25, 0.3) is 0 Å². The zero-order chi connectivity index (χ0) is 19.2. The van der Waals surface area contributed by atoms with Gasteiger partial charge in [-0.2, -0.15) is 0 Å². The van der Waals surface area contributed by atoms with E-state index in [2.05, 4.69) is 0 Å². The highest BCUT2D eigenvalue weighted by Gasteiger charge is 2.26. The van der Waals surface area contributed by atoms with Crippen LogP contribution in [0.25, 0.3) is 0 Å². The molecule has 0 spiro atoms. The van der Waals surface area contributed by atoms with E-state index in [9.17, 15) is 9.59 Å². The zero-order valence-electron chi connectivity index (χ0n) is 14.3. The standard InChI is InChI=1S/C22H16Cl2O3/c23-18-10-6-15(7-11-18)14-20(25)27-22(17-8-12-19(24)13-9-17)21(26)16-4-2-1-3-5-16/h1-13,22H,14H2. The molecule has 0 radical (unpaired) electrons. The van der Waals surface area contributed by atoms with Crippen molar-refractivity contribution >= 4 is 35.0 Å². The lowest BCUT2D eigenvalue weighted by atomic mass is 9.99. The minimum absolute atomic E-state index is 0.0450. The average molecular weight is 399 g/mol. The van der Waals surface area contributed by atoms with E-state index < -0.39 is 12.1 Å². The van der Waals surface area contributed by atoms with Crippen molar-refractivity contribution in [3.63, 3.8) is 0 Å². The molecule has 27 heavy (non-hydrogen) atoms. The second kappa shape index (κ2) is 8.85. The topological polar surface area (TPSA) is 43.4 Å². The van der Waals surface area contributed by atoms with E-state index in [4.69, 9.17) is 27.9 Å². The van der Waals surface area contributed by atoms with Gasteiger partial charge >= 0.3 is 5.97 Å². The number of esters is 1. The summed E-state index contributed by atoms with van der Waals surface area (Å²) in [5.74, 6) is -0.788. The number of ketones is 1. The van der Waals surface area contributed by atoms with Gasteiger partial charge in [0.2, 0.25) is 5.78 Å². The number of Topliss-reactive ketones (excluding diaryl/α,β-unsaturated/α-hetero) is 1. The Morgan fingerprint density at radius 1 is 0.778 bits per heavy atom. The average Bonchev–Trinajstić information content (AvgIpc) is 2.69. The monoisotopic (exact) mass is 398 g/mol. The Hall–Kier alpha value is -2.62. The van der Waals surface area contributed by atoms with Crippen LogP contribution in [0.5, 0.6) is 0 Å². The van der Waals surface area contributed by atoms with Crippen LogP contribution in [0.4, 0.5) is 0 Å². The van der Waals surface area contributed by atoms with Crippen molar-refractivity contribution in [2.45, 2.75) is 12.5 Å². The summed E-state index contributed by atoms with van der Waals surface area (Å²) in [7, 11) is 0. The molecule has 3 nitrogen and oxygen atoms in total. The molecule has 0 saturated heterocycles. The summed E-state index contributed by atoms with van der Waals surface area (Å²) in [6.45, 7) is 0. The summed E-state index contributed by atoms with van der Waals surface area (Å²) in [6.07, 6.45) is -0.993. The number of carbonyl (C=O) groups is 2. The van der Waals surface area contributed by atoms with Crippen LogP contribution in [0.2, 0.25) is 10.0 Å². The molecule has 3 aromatic rings. The van der Waals surface area contributed by atoms with Crippen LogP contribution in [0.15, 0.2) is 78.9 Å². The number of hydrogen-bond acceptors (Lipinski definition) is 3. The third-order valence-corrected chi connectivity index (χ3v) is 4.48. The molecule has 1 atom stereocenters. The van der Waals surface area contributed by atoms with Gasteiger partial charge in [0, 0.05) is 21.2 Å². The number of ether oxygens (including phenoxy) is 1. The van der Waals surface area contributed by atoms with Crippen molar-refractivity contribution in [2.75, 3.05) is 0 Å². The van der Waals surface area contributed by atoms with Gasteiger partial charge in [0.1, 0.15) is 0 Å². The van der Waals surface area contributed by atoms with Gasteiger partial charge in [-0.05, 0) is 29.8 Å². The Kier molecular flexibility index (Phi) is 6.28. The van der Waals surface area contributed by atoms with Gasteiger partial charge < -0.3 is 4.74 Å². The van der Waals surface area contributed by atoms with Crippen LogP contribution in [0.3, 0.4) is 0 Å². The lowest BCUT2D eigenvalue weighted by molar-refractivity contribution is -0.146. The van der Waals surface area contributed by atoms with Crippen molar-refractivity contribution in [1.29, 1.82) is 0 Å². The summed E-state index contributed by atoms with van der Waals surface area (Å²) in [4.78, 5) is 25.4. The Labute approximate surface area is 167 Å². The maximum atomic E-state index is 12.9. The first-order valence-electron chi connectivity index (χ1n) is 8.31. The summed E-state index contributed by atoms with van der Waals surface area (Å²) in [5, 5.41) is 1.13. The molecule has 0 aliphatic heterocycles. The van der Waals surface area contributed by atoms with Crippen molar-refractivity contribution in [1.82, 2.24) is 0 Å². The Morgan fingerprint density at radius 2 is 1.33 bits per heavy atom. The first-order valence-corrected chi connectivity index (χ1v) is 9.07. The fourth-order valence-electron chi connectivity index (χ4n) is 2.61. The maximum Gasteiger partial charge on any atom is 0.311 e. The van der Waals surface area contributed by atoms with E-state index in [1.54, 1.807) is 72.8 Å². The molecule has 5 heteroatoms. The Bertz CT molecular complexity index is 920. The van der Waals surface area contributed by atoms with Crippen molar-refractivity contribution in [3.8, 4) is 0 Å². The molecule has 1 unspecified atom stereocenters. The summed E-state index contributed by atoms with van der Waals surface area (Å²) in [5.41, 5.74) is 1.79. The third kappa shape index (κ3) is 5.19. The lowest BCUT2D eigenvalue weighted by Gasteiger charge is -2.18. The normalized spacial score (nSPS) is 11.6. The quantitative estimate of drug-likeness (QED) is 0.394. The summed E-state index contributed by atoms with van der Waals surface area (Å²) in [6, 6.07) is 22.3. The second-order valence-corrected chi connectivity index (χ2v) is 6.83. The molecule has 0 aliphatic carbocycles. The highest BCUT2D eigenvalue weighted by atomic mass is 35.5. The summed E-state index contributed by atoms with van der Waals surface area (Å²) < 4.78 is 5.56. The largest absolute Gasteiger partial charge is 0.449 e. The molecule has 136 valence electrons. The fraction of sp³-hybridized carbons (Fsp3) is 0.0909. The van der Waals surface area contributed by atoms with Gasteiger partial charge in [-0.3, -0.25) is 9.59 Å². The molecule has 3 aromatic carbocycles. The molecule has 0 amide bonds. The minimum atomic E-state index is -1.04. The summed E-state index contributed by atoms with van der Waals surface area (Å²) >= 11 is 11.8. The van der Waals surface area contributed by atoms with Gasteiger partial charge in [-0.25, -0.2) is 0 Å². The third-order valence-electron chi connectivity index (χ3n) is 3.98. The van der Waals surface area contributed by atoms with Crippen LogP contribution in [0, 0.1) is 0 Å².